The number of thiazole rings is 1. The third-order valence-electron chi connectivity index (χ3n) is 4.14. The summed E-state index contributed by atoms with van der Waals surface area (Å²) in [5.41, 5.74) is 2.91. The summed E-state index contributed by atoms with van der Waals surface area (Å²) in [5, 5.41) is 0. The number of nitrogens with zero attached hydrogens (tertiary/aromatic N) is 2. The topological polar surface area (TPSA) is 43.6 Å². The third kappa shape index (κ3) is 4.26. The van der Waals surface area contributed by atoms with Crippen LogP contribution in [0.4, 0.5) is 0 Å². The Kier molecular flexibility index (Phi) is 6.04. The van der Waals surface area contributed by atoms with Gasteiger partial charge in [-0.15, -0.1) is 18.2 Å². The van der Waals surface area contributed by atoms with Crippen molar-refractivity contribution in [3.63, 3.8) is 0 Å². The average molecular weight is 397 g/mol. The normalized spacial score (nSPS) is 11.6. The van der Waals surface area contributed by atoms with Gasteiger partial charge in [0.1, 0.15) is 5.75 Å². The Hall–Kier alpha value is -2.49. The molecule has 2 aromatic carbocycles. The highest BCUT2D eigenvalue weighted by Gasteiger charge is 2.11. The molecule has 0 aliphatic carbocycles. The number of ether oxygens (including phenoxy) is 1. The maximum Gasteiger partial charge on any atom is 0.252 e. The molecule has 0 spiro atoms. The van der Waals surface area contributed by atoms with Gasteiger partial charge in [0.25, 0.3) is 5.91 Å². The van der Waals surface area contributed by atoms with E-state index >= 15 is 0 Å². The van der Waals surface area contributed by atoms with E-state index in [0.717, 1.165) is 21.3 Å². The van der Waals surface area contributed by atoms with Gasteiger partial charge in [0.15, 0.2) is 4.80 Å². The van der Waals surface area contributed by atoms with E-state index in [-0.39, 0.29) is 12.3 Å². The molecule has 0 N–H and O–H groups in total. The van der Waals surface area contributed by atoms with Crippen LogP contribution >= 0.6 is 23.1 Å². The minimum atomic E-state index is -0.221. The van der Waals surface area contributed by atoms with E-state index in [9.17, 15) is 4.79 Å². The summed E-state index contributed by atoms with van der Waals surface area (Å²) in [5.74, 6) is 3.13. The van der Waals surface area contributed by atoms with Crippen LogP contribution in [0.5, 0.6) is 5.75 Å². The number of hydrogen-bond donors (Lipinski definition) is 0. The fourth-order valence-corrected chi connectivity index (χ4v) is 4.46. The van der Waals surface area contributed by atoms with Gasteiger partial charge >= 0.3 is 0 Å². The Morgan fingerprint density at radius 3 is 2.85 bits per heavy atom. The maximum atomic E-state index is 12.6. The molecule has 0 saturated heterocycles. The van der Waals surface area contributed by atoms with Crippen molar-refractivity contribution in [2.75, 3.05) is 13.4 Å². The molecule has 0 aliphatic heterocycles. The number of rotatable bonds is 5. The van der Waals surface area contributed by atoms with Crippen molar-refractivity contribution in [3.8, 4) is 18.1 Å². The minimum Gasteiger partial charge on any atom is -0.496 e. The number of thioether (sulfide) groups is 1. The molecule has 27 heavy (non-hydrogen) atoms. The lowest BCUT2D eigenvalue weighted by molar-refractivity contribution is -0.117. The van der Waals surface area contributed by atoms with Crippen LogP contribution in [-0.2, 0) is 17.8 Å². The van der Waals surface area contributed by atoms with Crippen molar-refractivity contribution in [1.29, 1.82) is 0 Å². The number of benzene rings is 2. The van der Waals surface area contributed by atoms with Gasteiger partial charge < -0.3 is 9.30 Å². The first kappa shape index (κ1) is 19.3. The zero-order valence-corrected chi connectivity index (χ0v) is 17.1. The van der Waals surface area contributed by atoms with Crippen molar-refractivity contribution < 1.29 is 9.53 Å². The van der Waals surface area contributed by atoms with E-state index in [0.29, 0.717) is 17.1 Å². The molecule has 0 radical (unpaired) electrons. The molecule has 3 aromatic rings. The summed E-state index contributed by atoms with van der Waals surface area (Å²) in [6, 6.07) is 12.0. The molecule has 0 saturated carbocycles. The number of fused-ring (bicyclic) bond motifs is 1. The van der Waals surface area contributed by atoms with E-state index in [4.69, 9.17) is 11.2 Å². The molecule has 0 aliphatic rings. The molecule has 3 rings (SSSR count). The van der Waals surface area contributed by atoms with Crippen LogP contribution in [0.25, 0.3) is 10.2 Å². The molecule has 0 bridgehead atoms. The van der Waals surface area contributed by atoms with Crippen LogP contribution < -0.4 is 9.54 Å². The highest BCUT2D eigenvalue weighted by atomic mass is 32.2. The molecule has 0 unspecified atom stereocenters. The zero-order chi connectivity index (χ0) is 19.4. The van der Waals surface area contributed by atoms with Gasteiger partial charge in [-0.1, -0.05) is 35.0 Å². The van der Waals surface area contributed by atoms with Gasteiger partial charge in [-0.2, -0.15) is 4.99 Å². The number of terminal acetylenes is 1. The molecular formula is C21H20N2O2S2. The van der Waals surface area contributed by atoms with Crippen molar-refractivity contribution in [2.45, 2.75) is 24.8 Å². The first-order chi connectivity index (χ1) is 13.0. The van der Waals surface area contributed by atoms with Gasteiger partial charge in [0.2, 0.25) is 0 Å². The number of amides is 1. The third-order valence-corrected chi connectivity index (χ3v) is 5.90. The minimum absolute atomic E-state index is 0.186. The summed E-state index contributed by atoms with van der Waals surface area (Å²) in [7, 11) is 1.60. The van der Waals surface area contributed by atoms with Gasteiger partial charge in [-0.25, -0.2) is 0 Å². The molecule has 1 aromatic heterocycles. The van der Waals surface area contributed by atoms with Crippen LogP contribution in [0.2, 0.25) is 0 Å². The Morgan fingerprint density at radius 1 is 1.33 bits per heavy atom. The summed E-state index contributed by atoms with van der Waals surface area (Å²) >= 11 is 3.16. The highest BCUT2D eigenvalue weighted by molar-refractivity contribution is 7.98. The van der Waals surface area contributed by atoms with E-state index in [1.807, 2.05) is 42.0 Å². The van der Waals surface area contributed by atoms with Crippen LogP contribution in [0.1, 0.15) is 11.1 Å². The van der Waals surface area contributed by atoms with Crippen LogP contribution in [0.3, 0.4) is 0 Å². The standard InChI is InChI=1S/C21H20N2O2S2/c1-5-10-23-17-8-7-16(26-4)13-19(17)27-21(23)22-20(24)12-15-11-14(2)6-9-18(15)25-3/h1,6-9,11,13H,10,12H2,2-4H3. The molecule has 6 heteroatoms. The fourth-order valence-electron chi connectivity index (χ4n) is 2.86. The van der Waals surface area contributed by atoms with Crippen molar-refractivity contribution >= 4 is 39.2 Å². The highest BCUT2D eigenvalue weighted by Crippen LogP contribution is 2.24. The van der Waals surface area contributed by atoms with Crippen LogP contribution in [-0.4, -0.2) is 23.8 Å². The maximum absolute atomic E-state index is 12.6. The smallest absolute Gasteiger partial charge is 0.252 e. The predicted molar refractivity (Wildman–Crippen MR) is 112 cm³/mol. The molecule has 4 nitrogen and oxygen atoms in total. The average Bonchev–Trinajstić information content (AvgIpc) is 2.98. The summed E-state index contributed by atoms with van der Waals surface area (Å²) < 4.78 is 8.34. The second-order valence-corrected chi connectivity index (χ2v) is 7.89. The number of carbonyl (C=O) groups is 1. The first-order valence-corrected chi connectivity index (χ1v) is 10.4. The Bertz CT molecular complexity index is 1100. The van der Waals surface area contributed by atoms with E-state index < -0.39 is 0 Å². The molecule has 138 valence electrons. The summed E-state index contributed by atoms with van der Waals surface area (Å²) in [4.78, 5) is 18.8. The Balaban J connectivity index is 2.02. The van der Waals surface area contributed by atoms with Crippen molar-refractivity contribution in [2.24, 2.45) is 4.99 Å². The van der Waals surface area contributed by atoms with Crippen molar-refractivity contribution in [3.05, 3.63) is 52.3 Å². The lowest BCUT2D eigenvalue weighted by Crippen LogP contribution is -2.17. The van der Waals surface area contributed by atoms with E-state index in [1.165, 1.54) is 16.2 Å². The molecule has 1 heterocycles. The van der Waals surface area contributed by atoms with Gasteiger partial charge in [0, 0.05) is 10.5 Å². The molecule has 1 amide bonds. The molecule has 0 fully saturated rings. The van der Waals surface area contributed by atoms with Crippen LogP contribution in [0, 0.1) is 19.3 Å². The summed E-state index contributed by atoms with van der Waals surface area (Å²) in [6.07, 6.45) is 7.75. The number of methoxy groups -OCH3 is 1. The Labute approximate surface area is 166 Å². The molecule has 0 atom stereocenters. The van der Waals surface area contributed by atoms with Gasteiger partial charge in [-0.3, -0.25) is 4.79 Å². The quantitative estimate of drug-likeness (QED) is 0.483. The lowest BCUT2D eigenvalue weighted by atomic mass is 10.1. The Morgan fingerprint density at radius 2 is 2.15 bits per heavy atom. The molecular weight excluding hydrogens is 376 g/mol. The monoisotopic (exact) mass is 396 g/mol. The second-order valence-electron chi connectivity index (χ2n) is 6.01. The van der Waals surface area contributed by atoms with Crippen LogP contribution in [0.15, 0.2) is 46.3 Å². The fraction of sp³-hybridized carbons (Fsp3) is 0.238. The number of carbonyl (C=O) groups excluding carboxylic acids is 1. The summed E-state index contributed by atoms with van der Waals surface area (Å²) in [6.45, 7) is 2.36. The number of hydrogen-bond acceptors (Lipinski definition) is 4. The van der Waals surface area contributed by atoms with E-state index in [1.54, 1.807) is 18.9 Å². The number of aromatic nitrogens is 1. The second kappa shape index (κ2) is 8.47. The largest absolute Gasteiger partial charge is 0.496 e. The SMILES string of the molecule is C#CCn1c(=NC(=O)Cc2cc(C)ccc2OC)sc2cc(SC)ccc21. The number of aryl methyl sites for hydroxylation is 1. The van der Waals surface area contributed by atoms with Gasteiger partial charge in [0.05, 0.1) is 30.3 Å². The van der Waals surface area contributed by atoms with Gasteiger partial charge in [-0.05, 0) is 37.4 Å². The van der Waals surface area contributed by atoms with E-state index in [2.05, 4.69) is 23.0 Å². The predicted octanol–water partition coefficient (Wildman–Crippen LogP) is 4.04. The zero-order valence-electron chi connectivity index (χ0n) is 15.5. The van der Waals surface area contributed by atoms with Crippen molar-refractivity contribution in [1.82, 2.24) is 4.57 Å². The lowest BCUT2D eigenvalue weighted by Gasteiger charge is -2.07. The first-order valence-electron chi connectivity index (χ1n) is 8.37.